The molecule has 1 aromatic rings. The van der Waals surface area contributed by atoms with Crippen LogP contribution in [0.25, 0.3) is 0 Å². The van der Waals surface area contributed by atoms with Gasteiger partial charge in [0.15, 0.2) is 0 Å². The van der Waals surface area contributed by atoms with Crippen LogP contribution in [0.15, 0.2) is 18.2 Å². The van der Waals surface area contributed by atoms with Crippen LogP contribution in [0, 0.1) is 5.82 Å². The Morgan fingerprint density at radius 2 is 2.25 bits per heavy atom. The van der Waals surface area contributed by atoms with Crippen molar-refractivity contribution < 1.29 is 14.3 Å². The van der Waals surface area contributed by atoms with Crippen LogP contribution in [-0.4, -0.2) is 11.1 Å². The van der Waals surface area contributed by atoms with E-state index >= 15 is 0 Å². The first kappa shape index (κ1) is 9.19. The molecular formula is C8H6BrFO2. The van der Waals surface area contributed by atoms with Crippen molar-refractivity contribution in [1.29, 1.82) is 0 Å². The molecule has 0 atom stereocenters. The summed E-state index contributed by atoms with van der Waals surface area (Å²) in [5.41, 5.74) is 0.192. The van der Waals surface area contributed by atoms with Gasteiger partial charge in [0.2, 0.25) is 0 Å². The van der Waals surface area contributed by atoms with Crippen molar-refractivity contribution in [1.82, 2.24) is 0 Å². The van der Waals surface area contributed by atoms with E-state index in [-0.39, 0.29) is 16.5 Å². The first-order valence-electron chi connectivity index (χ1n) is 3.23. The summed E-state index contributed by atoms with van der Waals surface area (Å²) in [5.74, 6) is -1.60. The second-order valence-corrected chi connectivity index (χ2v) is 2.77. The van der Waals surface area contributed by atoms with E-state index in [0.717, 1.165) is 0 Å². The molecule has 2 nitrogen and oxygen atoms in total. The van der Waals surface area contributed by atoms with Gasteiger partial charge in [0.1, 0.15) is 5.82 Å². The van der Waals surface area contributed by atoms with E-state index < -0.39 is 11.8 Å². The van der Waals surface area contributed by atoms with Gasteiger partial charge < -0.3 is 5.11 Å². The van der Waals surface area contributed by atoms with E-state index in [1.165, 1.54) is 18.2 Å². The average molecular weight is 233 g/mol. The summed E-state index contributed by atoms with van der Waals surface area (Å²) >= 11 is 3.02. The number of carbonyl (C=O) groups is 1. The standard InChI is InChI=1S/C8H6BrFO2/c9-4-6-5(8(11)12)2-1-3-7(6)10/h1-3H,4H2,(H,11,12). The predicted molar refractivity (Wildman–Crippen MR) is 46.0 cm³/mol. The zero-order valence-corrected chi connectivity index (χ0v) is 7.64. The van der Waals surface area contributed by atoms with Crippen molar-refractivity contribution in [2.24, 2.45) is 0 Å². The summed E-state index contributed by atoms with van der Waals surface area (Å²) in [6, 6.07) is 4.00. The molecule has 0 unspecified atom stereocenters. The molecule has 0 saturated heterocycles. The summed E-state index contributed by atoms with van der Waals surface area (Å²) in [4.78, 5) is 10.5. The maximum absolute atomic E-state index is 12.9. The van der Waals surface area contributed by atoms with Gasteiger partial charge in [0, 0.05) is 10.9 Å². The lowest BCUT2D eigenvalue weighted by Crippen LogP contribution is -2.02. The molecule has 4 heteroatoms. The van der Waals surface area contributed by atoms with Crippen LogP contribution in [0.2, 0.25) is 0 Å². The molecule has 0 aliphatic rings. The third kappa shape index (κ3) is 1.64. The van der Waals surface area contributed by atoms with Crippen LogP contribution in [0.1, 0.15) is 15.9 Å². The van der Waals surface area contributed by atoms with E-state index in [1.54, 1.807) is 0 Å². The van der Waals surface area contributed by atoms with E-state index in [1.807, 2.05) is 0 Å². The van der Waals surface area contributed by atoms with Gasteiger partial charge in [-0.25, -0.2) is 9.18 Å². The highest BCUT2D eigenvalue weighted by molar-refractivity contribution is 9.08. The lowest BCUT2D eigenvalue weighted by Gasteiger charge is -2.02. The smallest absolute Gasteiger partial charge is 0.336 e. The molecule has 12 heavy (non-hydrogen) atoms. The number of rotatable bonds is 2. The zero-order chi connectivity index (χ0) is 9.14. The number of carboxylic acid groups (broad SMARTS) is 1. The summed E-state index contributed by atoms with van der Waals surface area (Å²) in [6.07, 6.45) is 0. The van der Waals surface area contributed by atoms with Crippen molar-refractivity contribution in [3.05, 3.63) is 35.1 Å². The van der Waals surface area contributed by atoms with Crippen LogP contribution in [0.3, 0.4) is 0 Å². The van der Waals surface area contributed by atoms with Gasteiger partial charge in [-0.3, -0.25) is 0 Å². The first-order valence-corrected chi connectivity index (χ1v) is 4.35. The summed E-state index contributed by atoms with van der Waals surface area (Å²) in [6.45, 7) is 0. The Balaban J connectivity index is 3.27. The molecule has 1 aromatic carbocycles. The molecule has 64 valence electrons. The quantitative estimate of drug-likeness (QED) is 0.796. The maximum Gasteiger partial charge on any atom is 0.336 e. The minimum atomic E-state index is -1.11. The fraction of sp³-hybridized carbons (Fsp3) is 0.125. The first-order chi connectivity index (χ1) is 5.66. The van der Waals surface area contributed by atoms with Gasteiger partial charge in [-0.1, -0.05) is 22.0 Å². The van der Waals surface area contributed by atoms with Crippen molar-refractivity contribution in [3.8, 4) is 0 Å². The fourth-order valence-corrected chi connectivity index (χ4v) is 1.46. The van der Waals surface area contributed by atoms with Crippen molar-refractivity contribution in [3.63, 3.8) is 0 Å². The van der Waals surface area contributed by atoms with Crippen LogP contribution < -0.4 is 0 Å². The Labute approximate surface area is 77.2 Å². The normalized spacial score (nSPS) is 9.83. The second kappa shape index (κ2) is 3.67. The number of halogens is 2. The molecule has 1 rings (SSSR count). The molecule has 0 bridgehead atoms. The highest BCUT2D eigenvalue weighted by Gasteiger charge is 2.11. The Kier molecular flexibility index (Phi) is 2.81. The van der Waals surface area contributed by atoms with Crippen molar-refractivity contribution in [2.45, 2.75) is 5.33 Å². The van der Waals surface area contributed by atoms with E-state index in [4.69, 9.17) is 5.11 Å². The van der Waals surface area contributed by atoms with Crippen LogP contribution >= 0.6 is 15.9 Å². The van der Waals surface area contributed by atoms with Gasteiger partial charge in [0.05, 0.1) is 5.56 Å². The molecular weight excluding hydrogens is 227 g/mol. The average Bonchev–Trinajstić information content (AvgIpc) is 2.03. The van der Waals surface area contributed by atoms with E-state index in [2.05, 4.69) is 15.9 Å². The van der Waals surface area contributed by atoms with E-state index in [9.17, 15) is 9.18 Å². The van der Waals surface area contributed by atoms with Gasteiger partial charge in [-0.05, 0) is 12.1 Å². The van der Waals surface area contributed by atoms with E-state index in [0.29, 0.717) is 0 Å². The lowest BCUT2D eigenvalue weighted by atomic mass is 10.1. The molecule has 0 aromatic heterocycles. The third-order valence-electron chi connectivity index (χ3n) is 1.48. The fourth-order valence-electron chi connectivity index (χ4n) is 0.895. The Hall–Kier alpha value is -0.900. The molecule has 0 aliphatic carbocycles. The molecule has 1 N–H and O–H groups in total. The van der Waals surface area contributed by atoms with Gasteiger partial charge in [0.25, 0.3) is 0 Å². The number of aromatic carboxylic acids is 1. The Morgan fingerprint density at radius 1 is 1.58 bits per heavy atom. The minimum Gasteiger partial charge on any atom is -0.478 e. The Bertz CT molecular complexity index is 312. The van der Waals surface area contributed by atoms with Crippen LogP contribution in [0.5, 0.6) is 0 Å². The maximum atomic E-state index is 12.9. The molecule has 0 spiro atoms. The molecule has 0 amide bonds. The number of hydrogen-bond acceptors (Lipinski definition) is 1. The molecule has 0 fully saturated rings. The summed E-state index contributed by atoms with van der Waals surface area (Å²) in [5, 5.41) is 8.84. The zero-order valence-electron chi connectivity index (χ0n) is 6.05. The van der Waals surface area contributed by atoms with Gasteiger partial charge in [-0.15, -0.1) is 0 Å². The predicted octanol–water partition coefficient (Wildman–Crippen LogP) is 2.42. The largest absolute Gasteiger partial charge is 0.478 e. The Morgan fingerprint density at radius 3 is 2.67 bits per heavy atom. The minimum absolute atomic E-state index is 0.00637. The molecule has 0 heterocycles. The highest BCUT2D eigenvalue weighted by Crippen LogP contribution is 2.16. The topological polar surface area (TPSA) is 37.3 Å². The molecule has 0 saturated carbocycles. The van der Waals surface area contributed by atoms with Gasteiger partial charge in [-0.2, -0.15) is 0 Å². The van der Waals surface area contributed by atoms with Gasteiger partial charge >= 0.3 is 5.97 Å². The highest BCUT2D eigenvalue weighted by atomic mass is 79.9. The third-order valence-corrected chi connectivity index (χ3v) is 2.04. The lowest BCUT2D eigenvalue weighted by molar-refractivity contribution is 0.0695. The van der Waals surface area contributed by atoms with Crippen molar-refractivity contribution in [2.75, 3.05) is 0 Å². The number of benzene rings is 1. The summed E-state index contributed by atoms with van der Waals surface area (Å²) in [7, 11) is 0. The van der Waals surface area contributed by atoms with Crippen molar-refractivity contribution >= 4 is 21.9 Å². The monoisotopic (exact) mass is 232 g/mol. The van der Waals surface area contributed by atoms with Crippen LogP contribution in [0.4, 0.5) is 4.39 Å². The number of carboxylic acids is 1. The summed E-state index contributed by atoms with van der Waals surface area (Å²) < 4.78 is 12.9. The number of alkyl halides is 1. The molecule has 0 radical (unpaired) electrons. The second-order valence-electron chi connectivity index (χ2n) is 2.20. The SMILES string of the molecule is O=C(O)c1cccc(F)c1CBr. The van der Waals surface area contributed by atoms with Crippen LogP contribution in [-0.2, 0) is 5.33 Å². The number of hydrogen-bond donors (Lipinski definition) is 1. The molecule has 0 aliphatic heterocycles.